The van der Waals surface area contributed by atoms with E-state index in [2.05, 4.69) is 16.4 Å². The summed E-state index contributed by atoms with van der Waals surface area (Å²) < 4.78 is 5.37. The summed E-state index contributed by atoms with van der Waals surface area (Å²) in [4.78, 5) is 24.7. The Hall–Kier alpha value is -4.00. The fraction of sp³-hybridized carbons (Fsp3) is 0.200. The molecule has 32 heavy (non-hydrogen) atoms. The summed E-state index contributed by atoms with van der Waals surface area (Å²) in [5.74, 6) is 1.88. The summed E-state index contributed by atoms with van der Waals surface area (Å²) >= 11 is 0. The molecule has 0 fully saturated rings. The lowest BCUT2D eigenvalue weighted by Gasteiger charge is -2.13. The van der Waals surface area contributed by atoms with Crippen LogP contribution in [0.15, 0.2) is 67.0 Å². The third kappa shape index (κ3) is 5.00. The first kappa shape index (κ1) is 21.2. The van der Waals surface area contributed by atoms with Crippen LogP contribution in [0, 0.1) is 0 Å². The molecule has 2 aromatic carbocycles. The van der Waals surface area contributed by atoms with E-state index in [1.54, 1.807) is 19.5 Å². The van der Waals surface area contributed by atoms with E-state index < -0.39 is 0 Å². The Morgan fingerprint density at radius 1 is 1.00 bits per heavy atom. The Kier molecular flexibility index (Phi) is 6.55. The third-order valence-electron chi connectivity index (χ3n) is 5.16. The van der Waals surface area contributed by atoms with E-state index >= 15 is 0 Å². The summed E-state index contributed by atoms with van der Waals surface area (Å²) in [6.45, 7) is 0.676. The summed E-state index contributed by atoms with van der Waals surface area (Å²) in [7, 11) is 1.66. The molecule has 0 radical (unpaired) electrons. The topological polar surface area (TPSA) is 103 Å². The van der Waals surface area contributed by atoms with Crippen molar-refractivity contribution in [3.63, 3.8) is 0 Å². The molecular weight excluding hydrogens is 402 g/mol. The van der Waals surface area contributed by atoms with E-state index in [1.807, 2.05) is 48.5 Å². The normalized spacial score (nSPS) is 10.8. The maximum Gasteiger partial charge on any atom is 0.217 e. The lowest BCUT2D eigenvalue weighted by Crippen LogP contribution is -2.11. The number of benzene rings is 2. The fourth-order valence-corrected chi connectivity index (χ4v) is 3.50. The molecule has 7 nitrogen and oxygen atoms in total. The number of ether oxygens (including phenoxy) is 1. The molecule has 2 heterocycles. The number of methoxy groups -OCH3 is 1. The van der Waals surface area contributed by atoms with Crippen LogP contribution in [0.5, 0.6) is 5.75 Å². The zero-order chi connectivity index (χ0) is 22.3. The van der Waals surface area contributed by atoms with Crippen LogP contribution in [-0.2, 0) is 4.79 Å². The predicted molar refractivity (Wildman–Crippen MR) is 126 cm³/mol. The molecule has 4 aromatic rings. The number of carbonyl (C=O) groups excluding carboxylic acids is 1. The molecule has 162 valence electrons. The largest absolute Gasteiger partial charge is 0.497 e. The van der Waals surface area contributed by atoms with Crippen LogP contribution >= 0.6 is 0 Å². The van der Waals surface area contributed by atoms with Gasteiger partial charge in [0.15, 0.2) is 5.82 Å². The summed E-state index contributed by atoms with van der Waals surface area (Å²) in [6, 6.07) is 17.9. The van der Waals surface area contributed by atoms with Crippen molar-refractivity contribution in [1.29, 1.82) is 0 Å². The van der Waals surface area contributed by atoms with Crippen LogP contribution in [0.4, 0.5) is 5.82 Å². The van der Waals surface area contributed by atoms with Gasteiger partial charge in [-0.15, -0.1) is 0 Å². The van der Waals surface area contributed by atoms with Gasteiger partial charge in [-0.3, -0.25) is 9.78 Å². The zero-order valence-corrected chi connectivity index (χ0v) is 17.9. The number of aromatic nitrogens is 3. The van der Waals surface area contributed by atoms with Crippen LogP contribution in [-0.4, -0.2) is 34.5 Å². The van der Waals surface area contributed by atoms with Gasteiger partial charge in [0.25, 0.3) is 0 Å². The van der Waals surface area contributed by atoms with Crippen molar-refractivity contribution in [2.24, 2.45) is 5.73 Å². The summed E-state index contributed by atoms with van der Waals surface area (Å²) in [6.07, 6.45) is 5.40. The second-order valence-electron chi connectivity index (χ2n) is 7.45. The second-order valence-corrected chi connectivity index (χ2v) is 7.45. The number of hydrogen-bond acceptors (Lipinski definition) is 6. The highest BCUT2D eigenvalue weighted by Gasteiger charge is 2.11. The summed E-state index contributed by atoms with van der Waals surface area (Å²) in [5.41, 5.74) is 9.03. The van der Waals surface area contributed by atoms with Gasteiger partial charge >= 0.3 is 0 Å². The first-order valence-corrected chi connectivity index (χ1v) is 10.5. The minimum atomic E-state index is -0.278. The number of hydrogen-bond donors (Lipinski definition) is 2. The van der Waals surface area contributed by atoms with Gasteiger partial charge in [-0.2, -0.15) is 0 Å². The molecule has 4 rings (SSSR count). The SMILES string of the molecule is COc1cccc(-c2ccc3nc(-c4cccnc4)nc(NCCCCC(N)=O)c3c2)c1. The average Bonchev–Trinajstić information content (AvgIpc) is 2.83. The molecule has 0 atom stereocenters. The minimum Gasteiger partial charge on any atom is -0.497 e. The summed E-state index contributed by atoms with van der Waals surface area (Å²) in [5, 5.41) is 4.35. The average molecular weight is 428 g/mol. The number of nitrogens with two attached hydrogens (primary N) is 1. The predicted octanol–water partition coefficient (Wildman–Crippen LogP) is 4.43. The molecule has 2 aromatic heterocycles. The van der Waals surface area contributed by atoms with E-state index in [-0.39, 0.29) is 5.91 Å². The Labute approximate surface area is 186 Å². The van der Waals surface area contributed by atoms with Crippen LogP contribution in [0.25, 0.3) is 33.4 Å². The van der Waals surface area contributed by atoms with Gasteiger partial charge in [0.2, 0.25) is 5.91 Å². The Balaban J connectivity index is 1.71. The standard InChI is InChI=1S/C25H25N5O2/c1-32-20-8-4-6-17(14-20)18-10-11-22-21(15-18)25(28-13-3-2-9-23(26)31)30-24(29-22)19-7-5-12-27-16-19/h4-8,10-12,14-16H,2-3,9,13H2,1H3,(H2,26,31)(H,28,29,30). The third-order valence-corrected chi connectivity index (χ3v) is 5.16. The highest BCUT2D eigenvalue weighted by Crippen LogP contribution is 2.31. The minimum absolute atomic E-state index is 0.278. The highest BCUT2D eigenvalue weighted by molar-refractivity contribution is 5.94. The Morgan fingerprint density at radius 3 is 2.62 bits per heavy atom. The monoisotopic (exact) mass is 427 g/mol. The van der Waals surface area contributed by atoms with Gasteiger partial charge in [-0.25, -0.2) is 9.97 Å². The van der Waals surface area contributed by atoms with Crippen LogP contribution in [0.3, 0.4) is 0 Å². The van der Waals surface area contributed by atoms with Gasteiger partial charge in [-0.1, -0.05) is 18.2 Å². The van der Waals surface area contributed by atoms with Crippen LogP contribution < -0.4 is 15.8 Å². The van der Waals surface area contributed by atoms with Crippen molar-refractivity contribution in [2.45, 2.75) is 19.3 Å². The van der Waals surface area contributed by atoms with Crippen molar-refractivity contribution < 1.29 is 9.53 Å². The fourth-order valence-electron chi connectivity index (χ4n) is 3.50. The van der Waals surface area contributed by atoms with Crippen molar-refractivity contribution in [3.8, 4) is 28.3 Å². The number of fused-ring (bicyclic) bond motifs is 1. The molecule has 0 aliphatic rings. The van der Waals surface area contributed by atoms with Crippen molar-refractivity contribution in [2.75, 3.05) is 19.0 Å². The number of pyridine rings is 1. The Bertz CT molecular complexity index is 1230. The number of primary amides is 1. The number of amides is 1. The van der Waals surface area contributed by atoms with Crippen molar-refractivity contribution >= 4 is 22.6 Å². The maximum atomic E-state index is 11.0. The van der Waals surface area contributed by atoms with Gasteiger partial charge in [-0.05, 0) is 60.4 Å². The number of unbranched alkanes of at least 4 members (excludes halogenated alkanes) is 1. The number of nitrogens with zero attached hydrogens (tertiary/aromatic N) is 3. The van der Waals surface area contributed by atoms with Gasteiger partial charge in [0.05, 0.1) is 12.6 Å². The lowest BCUT2D eigenvalue weighted by molar-refractivity contribution is -0.118. The van der Waals surface area contributed by atoms with E-state index in [4.69, 9.17) is 20.4 Å². The van der Waals surface area contributed by atoms with E-state index in [0.29, 0.717) is 18.8 Å². The van der Waals surface area contributed by atoms with E-state index in [0.717, 1.165) is 52.0 Å². The zero-order valence-electron chi connectivity index (χ0n) is 17.9. The van der Waals surface area contributed by atoms with Crippen molar-refractivity contribution in [3.05, 3.63) is 67.0 Å². The molecule has 0 spiro atoms. The quantitative estimate of drug-likeness (QED) is 0.383. The first-order chi connectivity index (χ1) is 15.6. The first-order valence-electron chi connectivity index (χ1n) is 10.5. The van der Waals surface area contributed by atoms with E-state index in [9.17, 15) is 4.79 Å². The van der Waals surface area contributed by atoms with Gasteiger partial charge < -0.3 is 15.8 Å². The molecule has 1 amide bonds. The molecule has 3 N–H and O–H groups in total. The number of nitrogens with one attached hydrogen (secondary N) is 1. The van der Waals surface area contributed by atoms with Crippen LogP contribution in [0.2, 0.25) is 0 Å². The highest BCUT2D eigenvalue weighted by atomic mass is 16.5. The number of rotatable bonds is 9. The molecule has 0 saturated heterocycles. The molecule has 0 saturated carbocycles. The molecule has 0 bridgehead atoms. The lowest BCUT2D eigenvalue weighted by atomic mass is 10.0. The second kappa shape index (κ2) is 9.87. The smallest absolute Gasteiger partial charge is 0.217 e. The van der Waals surface area contributed by atoms with Crippen LogP contribution in [0.1, 0.15) is 19.3 Å². The number of carbonyl (C=O) groups is 1. The van der Waals surface area contributed by atoms with Gasteiger partial charge in [0.1, 0.15) is 11.6 Å². The molecule has 0 aliphatic heterocycles. The Morgan fingerprint density at radius 2 is 1.84 bits per heavy atom. The van der Waals surface area contributed by atoms with Gasteiger partial charge in [0, 0.05) is 36.3 Å². The molecular formula is C25H25N5O2. The van der Waals surface area contributed by atoms with E-state index in [1.165, 1.54) is 0 Å². The molecule has 0 unspecified atom stereocenters. The molecule has 7 heteroatoms. The molecule has 0 aliphatic carbocycles. The van der Waals surface area contributed by atoms with Crippen molar-refractivity contribution in [1.82, 2.24) is 15.0 Å². The maximum absolute atomic E-state index is 11.0. The number of anilines is 1.